The van der Waals surface area contributed by atoms with E-state index in [9.17, 15) is 19.7 Å². The van der Waals surface area contributed by atoms with Crippen molar-refractivity contribution in [3.8, 4) is 5.75 Å². The number of nitro groups is 1. The van der Waals surface area contributed by atoms with Gasteiger partial charge in [-0.3, -0.25) is 14.9 Å². The highest BCUT2D eigenvalue weighted by atomic mass is 16.6. The Morgan fingerprint density at radius 1 is 1.09 bits per heavy atom. The van der Waals surface area contributed by atoms with Gasteiger partial charge in [0.05, 0.1) is 10.5 Å². The van der Waals surface area contributed by atoms with E-state index in [0.29, 0.717) is 17.9 Å². The van der Waals surface area contributed by atoms with Crippen LogP contribution in [0, 0.1) is 10.1 Å². The van der Waals surface area contributed by atoms with Crippen molar-refractivity contribution in [1.82, 2.24) is 0 Å². The minimum Gasteiger partial charge on any atom is -0.423 e. The van der Waals surface area contributed by atoms with Gasteiger partial charge >= 0.3 is 5.97 Å². The SMILES string of the molecule is CCC(=O)Nc1ccc(OC(=O)c2ccc([N+](=O)[O-])cc2)cc1. The van der Waals surface area contributed by atoms with Crippen molar-refractivity contribution in [2.24, 2.45) is 0 Å². The lowest BCUT2D eigenvalue weighted by atomic mass is 10.2. The number of non-ortho nitro benzene ring substituents is 1. The summed E-state index contributed by atoms with van der Waals surface area (Å²) in [5.41, 5.74) is 0.712. The van der Waals surface area contributed by atoms with E-state index in [-0.39, 0.29) is 17.2 Å². The first-order valence-electron chi connectivity index (χ1n) is 6.86. The molecule has 0 spiro atoms. The summed E-state index contributed by atoms with van der Waals surface area (Å²) in [6.07, 6.45) is 0.372. The molecular formula is C16H14N2O5. The number of anilines is 1. The molecule has 1 N–H and O–H groups in total. The zero-order chi connectivity index (χ0) is 16.8. The van der Waals surface area contributed by atoms with Gasteiger partial charge in [-0.25, -0.2) is 4.79 Å². The van der Waals surface area contributed by atoms with Gasteiger partial charge in [0, 0.05) is 24.2 Å². The highest BCUT2D eigenvalue weighted by Crippen LogP contribution is 2.18. The molecule has 2 aromatic carbocycles. The third-order valence-corrected chi connectivity index (χ3v) is 2.98. The zero-order valence-corrected chi connectivity index (χ0v) is 12.3. The number of ether oxygens (including phenoxy) is 1. The van der Waals surface area contributed by atoms with E-state index in [0.717, 1.165) is 0 Å². The topological polar surface area (TPSA) is 98.5 Å². The van der Waals surface area contributed by atoms with Crippen molar-refractivity contribution in [2.45, 2.75) is 13.3 Å². The molecule has 0 saturated carbocycles. The molecule has 2 rings (SSSR count). The van der Waals surface area contributed by atoms with Gasteiger partial charge in [0.15, 0.2) is 0 Å². The van der Waals surface area contributed by atoms with Crippen molar-refractivity contribution in [3.63, 3.8) is 0 Å². The first kappa shape index (κ1) is 16.2. The smallest absolute Gasteiger partial charge is 0.343 e. The first-order valence-corrected chi connectivity index (χ1v) is 6.86. The maximum absolute atomic E-state index is 11.9. The fourth-order valence-corrected chi connectivity index (χ4v) is 1.74. The second-order valence-electron chi connectivity index (χ2n) is 4.62. The summed E-state index contributed by atoms with van der Waals surface area (Å²) in [4.78, 5) is 33.2. The van der Waals surface area contributed by atoms with Crippen LogP contribution < -0.4 is 10.1 Å². The maximum atomic E-state index is 11.9. The van der Waals surface area contributed by atoms with Crippen LogP contribution in [0.5, 0.6) is 5.75 Å². The summed E-state index contributed by atoms with van der Waals surface area (Å²) >= 11 is 0. The largest absolute Gasteiger partial charge is 0.423 e. The summed E-state index contributed by atoms with van der Waals surface area (Å²) in [6, 6.07) is 11.5. The molecule has 0 heterocycles. The van der Waals surface area contributed by atoms with Gasteiger partial charge in [-0.15, -0.1) is 0 Å². The normalized spacial score (nSPS) is 9.96. The molecule has 0 aromatic heterocycles. The van der Waals surface area contributed by atoms with Gasteiger partial charge in [-0.2, -0.15) is 0 Å². The molecule has 23 heavy (non-hydrogen) atoms. The predicted octanol–water partition coefficient (Wildman–Crippen LogP) is 3.16. The van der Waals surface area contributed by atoms with Gasteiger partial charge in [0.25, 0.3) is 5.69 Å². The molecule has 0 bridgehead atoms. The molecule has 0 atom stereocenters. The molecule has 7 nitrogen and oxygen atoms in total. The fourth-order valence-electron chi connectivity index (χ4n) is 1.74. The number of esters is 1. The van der Waals surface area contributed by atoms with E-state index >= 15 is 0 Å². The molecular weight excluding hydrogens is 300 g/mol. The standard InChI is InChI=1S/C16H14N2O5/c1-2-15(19)17-12-5-9-14(10-6-12)23-16(20)11-3-7-13(8-4-11)18(21)22/h3-10H,2H2,1H3,(H,17,19). The molecule has 0 radical (unpaired) electrons. The van der Waals surface area contributed by atoms with E-state index in [4.69, 9.17) is 4.74 Å². The molecule has 2 aromatic rings. The molecule has 0 aliphatic heterocycles. The summed E-state index contributed by atoms with van der Waals surface area (Å²) in [6.45, 7) is 1.75. The number of hydrogen-bond donors (Lipinski definition) is 1. The second kappa shape index (κ2) is 7.17. The fraction of sp³-hybridized carbons (Fsp3) is 0.125. The van der Waals surface area contributed by atoms with Crippen LogP contribution in [0.15, 0.2) is 48.5 Å². The minimum atomic E-state index is -0.620. The lowest BCUT2D eigenvalue weighted by Gasteiger charge is -2.06. The highest BCUT2D eigenvalue weighted by Gasteiger charge is 2.11. The molecule has 0 aliphatic carbocycles. The van der Waals surface area contributed by atoms with Crippen LogP contribution in [-0.4, -0.2) is 16.8 Å². The van der Waals surface area contributed by atoms with Crippen molar-refractivity contribution in [3.05, 3.63) is 64.2 Å². The number of hydrogen-bond acceptors (Lipinski definition) is 5. The Balaban J connectivity index is 2.02. The third-order valence-electron chi connectivity index (χ3n) is 2.98. The Bertz CT molecular complexity index is 723. The van der Waals surface area contributed by atoms with Gasteiger partial charge in [-0.05, 0) is 36.4 Å². The van der Waals surface area contributed by atoms with E-state index in [2.05, 4.69) is 5.32 Å². The average molecular weight is 314 g/mol. The van der Waals surface area contributed by atoms with E-state index in [1.165, 1.54) is 24.3 Å². The Hall–Kier alpha value is -3.22. The molecule has 118 valence electrons. The maximum Gasteiger partial charge on any atom is 0.343 e. The van der Waals surface area contributed by atoms with Crippen LogP contribution >= 0.6 is 0 Å². The van der Waals surface area contributed by atoms with Crippen molar-refractivity contribution >= 4 is 23.3 Å². The van der Waals surface area contributed by atoms with Crippen LogP contribution in [-0.2, 0) is 4.79 Å². The minimum absolute atomic E-state index is 0.0995. The van der Waals surface area contributed by atoms with E-state index in [1.54, 1.807) is 31.2 Å². The third kappa shape index (κ3) is 4.37. The van der Waals surface area contributed by atoms with Gasteiger partial charge < -0.3 is 10.1 Å². The number of carbonyl (C=O) groups excluding carboxylic acids is 2. The van der Waals surface area contributed by atoms with Crippen LogP contribution in [0.3, 0.4) is 0 Å². The first-order chi connectivity index (χ1) is 11.0. The number of rotatable bonds is 5. The summed E-state index contributed by atoms with van der Waals surface area (Å²) in [7, 11) is 0. The van der Waals surface area contributed by atoms with Crippen LogP contribution in [0.2, 0.25) is 0 Å². The number of carbonyl (C=O) groups is 2. The van der Waals surface area contributed by atoms with Gasteiger partial charge in [-0.1, -0.05) is 6.92 Å². The number of nitrogens with one attached hydrogen (secondary N) is 1. The van der Waals surface area contributed by atoms with Crippen molar-refractivity contribution in [2.75, 3.05) is 5.32 Å². The average Bonchev–Trinajstić information content (AvgIpc) is 2.56. The molecule has 0 saturated heterocycles. The summed E-state index contributed by atoms with van der Waals surface area (Å²) in [5, 5.41) is 13.2. The zero-order valence-electron chi connectivity index (χ0n) is 12.3. The Morgan fingerprint density at radius 2 is 1.70 bits per heavy atom. The van der Waals surface area contributed by atoms with Crippen LogP contribution in [0.1, 0.15) is 23.7 Å². The van der Waals surface area contributed by atoms with Crippen molar-refractivity contribution in [1.29, 1.82) is 0 Å². The number of benzene rings is 2. The lowest BCUT2D eigenvalue weighted by Crippen LogP contribution is -2.10. The monoisotopic (exact) mass is 314 g/mol. The Morgan fingerprint density at radius 3 is 2.22 bits per heavy atom. The second-order valence-corrected chi connectivity index (χ2v) is 4.62. The summed E-state index contributed by atoms with van der Waals surface area (Å²) in [5.74, 6) is -0.422. The number of amides is 1. The molecule has 0 fully saturated rings. The quantitative estimate of drug-likeness (QED) is 0.395. The molecule has 0 unspecified atom stereocenters. The molecule has 7 heteroatoms. The van der Waals surface area contributed by atoms with E-state index in [1.807, 2.05) is 0 Å². The predicted molar refractivity (Wildman–Crippen MR) is 83.4 cm³/mol. The van der Waals surface area contributed by atoms with Gasteiger partial charge in [0.2, 0.25) is 5.91 Å². The van der Waals surface area contributed by atoms with Gasteiger partial charge in [0.1, 0.15) is 5.75 Å². The number of nitrogens with zero attached hydrogens (tertiary/aromatic N) is 1. The van der Waals surface area contributed by atoms with E-state index < -0.39 is 10.9 Å². The lowest BCUT2D eigenvalue weighted by molar-refractivity contribution is -0.384. The summed E-state index contributed by atoms with van der Waals surface area (Å²) < 4.78 is 5.17. The Kier molecular flexibility index (Phi) is 5.03. The molecule has 0 aliphatic rings. The van der Waals surface area contributed by atoms with Crippen molar-refractivity contribution < 1.29 is 19.2 Å². The number of nitro benzene ring substituents is 1. The Labute approximate surface area is 132 Å². The molecule has 1 amide bonds. The van der Waals surface area contributed by atoms with Crippen LogP contribution in [0.4, 0.5) is 11.4 Å². The highest BCUT2D eigenvalue weighted by molar-refractivity contribution is 5.92. The van der Waals surface area contributed by atoms with Crippen LogP contribution in [0.25, 0.3) is 0 Å².